The monoisotopic (exact) mass is 415 g/mol. The zero-order valence-corrected chi connectivity index (χ0v) is 17.3. The minimum Gasteiger partial charge on any atom is -0.497 e. The molecule has 0 saturated heterocycles. The maximum absolute atomic E-state index is 12.6. The molecule has 0 fully saturated rings. The van der Waals surface area contributed by atoms with Crippen LogP contribution in [0.15, 0.2) is 60.2 Å². The average molecular weight is 415 g/mol. The van der Waals surface area contributed by atoms with Crippen molar-refractivity contribution in [2.24, 2.45) is 0 Å². The molecule has 0 atom stereocenters. The van der Waals surface area contributed by atoms with Crippen molar-refractivity contribution in [2.75, 3.05) is 12.4 Å². The Hall–Kier alpha value is -4.31. The molecule has 0 aliphatic carbocycles. The molecule has 0 aliphatic heterocycles. The highest BCUT2D eigenvalue weighted by atomic mass is 16.5. The Morgan fingerprint density at radius 2 is 1.87 bits per heavy atom. The van der Waals surface area contributed by atoms with E-state index in [0.717, 1.165) is 28.4 Å². The second-order valence-electron chi connectivity index (χ2n) is 6.87. The highest BCUT2D eigenvalue weighted by molar-refractivity contribution is 6.10. The second-order valence-corrected chi connectivity index (χ2v) is 6.87. The van der Waals surface area contributed by atoms with Crippen LogP contribution in [-0.2, 0) is 4.79 Å². The predicted octanol–water partition coefficient (Wildman–Crippen LogP) is 4.35. The number of carbonyl (C=O) groups excluding carboxylic acids is 1. The number of ether oxygens (including phenoxy) is 1. The lowest BCUT2D eigenvalue weighted by molar-refractivity contribution is -0.112. The largest absolute Gasteiger partial charge is 0.497 e. The predicted molar refractivity (Wildman–Crippen MR) is 117 cm³/mol. The fourth-order valence-electron chi connectivity index (χ4n) is 3.31. The molecule has 0 bridgehead atoms. The molecule has 7 heteroatoms. The third-order valence-electron chi connectivity index (χ3n) is 4.81. The van der Waals surface area contributed by atoms with Crippen molar-refractivity contribution in [1.29, 1.82) is 5.26 Å². The van der Waals surface area contributed by atoms with Gasteiger partial charge in [0.05, 0.1) is 12.7 Å². The molecular formula is C24H21N3O4. The van der Waals surface area contributed by atoms with Crippen molar-refractivity contribution in [3.63, 3.8) is 0 Å². The molecule has 31 heavy (non-hydrogen) atoms. The number of aryl methyl sites for hydroxylation is 1. The van der Waals surface area contributed by atoms with Crippen LogP contribution in [0.2, 0.25) is 0 Å². The molecule has 2 aromatic carbocycles. The van der Waals surface area contributed by atoms with Crippen LogP contribution >= 0.6 is 0 Å². The van der Waals surface area contributed by atoms with Crippen LogP contribution in [0.1, 0.15) is 27.3 Å². The highest BCUT2D eigenvalue weighted by Gasteiger charge is 2.15. The molecule has 0 spiro atoms. The van der Waals surface area contributed by atoms with Gasteiger partial charge in [-0.15, -0.1) is 0 Å². The molecule has 0 radical (unpaired) electrons. The number of carbonyl (C=O) groups is 2. The fraction of sp³-hybridized carbons (Fsp3) is 0.125. The lowest BCUT2D eigenvalue weighted by atomic mass is 10.1. The third-order valence-corrected chi connectivity index (χ3v) is 4.81. The normalized spacial score (nSPS) is 11.0. The Morgan fingerprint density at radius 1 is 1.13 bits per heavy atom. The number of carboxylic acid groups (broad SMARTS) is 1. The number of nitrogens with zero attached hydrogens (tertiary/aromatic N) is 2. The Labute approximate surface area is 179 Å². The molecule has 1 heterocycles. The number of nitrogens with one attached hydrogen (secondary N) is 1. The summed E-state index contributed by atoms with van der Waals surface area (Å²) in [5.41, 5.74) is 3.68. The lowest BCUT2D eigenvalue weighted by Gasteiger charge is -2.11. The van der Waals surface area contributed by atoms with Crippen LogP contribution in [-0.4, -0.2) is 28.7 Å². The number of hydrogen-bond donors (Lipinski definition) is 2. The number of nitriles is 1. The third kappa shape index (κ3) is 4.65. The van der Waals surface area contributed by atoms with Crippen molar-refractivity contribution < 1.29 is 19.4 Å². The number of aromatic carboxylic acids is 1. The number of benzene rings is 2. The molecule has 0 saturated carbocycles. The summed E-state index contributed by atoms with van der Waals surface area (Å²) < 4.78 is 7.31. The van der Waals surface area contributed by atoms with Crippen molar-refractivity contribution in [2.45, 2.75) is 13.8 Å². The molecule has 0 unspecified atom stereocenters. The first-order valence-corrected chi connectivity index (χ1v) is 9.44. The standard InChI is InChI=1S/C24H21N3O4/c1-15-10-18(16(2)27(15)21-8-5-9-22(13-21)31-3)11-19(14-25)23(28)26-20-7-4-6-17(12-20)24(29)30/h4-13H,1-3H3,(H,26,28)(H,29,30). The summed E-state index contributed by atoms with van der Waals surface area (Å²) in [4.78, 5) is 23.7. The van der Waals surface area contributed by atoms with E-state index in [-0.39, 0.29) is 11.1 Å². The van der Waals surface area contributed by atoms with E-state index < -0.39 is 11.9 Å². The zero-order chi connectivity index (χ0) is 22.5. The number of carboxylic acids is 1. The minimum absolute atomic E-state index is 0.0436. The van der Waals surface area contributed by atoms with Crippen molar-refractivity contribution in [3.8, 4) is 17.5 Å². The SMILES string of the molecule is COc1cccc(-n2c(C)cc(C=C(C#N)C(=O)Nc3cccc(C(=O)O)c3)c2C)c1. The summed E-state index contributed by atoms with van der Waals surface area (Å²) >= 11 is 0. The Kier molecular flexibility index (Phi) is 6.22. The number of methoxy groups -OCH3 is 1. The van der Waals surface area contributed by atoms with Crippen molar-refractivity contribution in [3.05, 3.63) is 82.7 Å². The van der Waals surface area contributed by atoms with E-state index in [1.165, 1.54) is 24.3 Å². The van der Waals surface area contributed by atoms with Crippen LogP contribution in [0.5, 0.6) is 5.75 Å². The maximum Gasteiger partial charge on any atom is 0.335 e. The summed E-state index contributed by atoms with van der Waals surface area (Å²) in [6, 6.07) is 17.3. The van der Waals surface area contributed by atoms with E-state index in [9.17, 15) is 14.9 Å². The number of rotatable bonds is 6. The van der Waals surface area contributed by atoms with Gasteiger partial charge in [-0.05, 0) is 61.9 Å². The van der Waals surface area contributed by atoms with Crippen LogP contribution in [0.25, 0.3) is 11.8 Å². The Bertz CT molecular complexity index is 1230. The molecule has 1 amide bonds. The first-order valence-electron chi connectivity index (χ1n) is 9.44. The van der Waals surface area contributed by atoms with E-state index in [4.69, 9.17) is 9.84 Å². The van der Waals surface area contributed by atoms with E-state index in [1.54, 1.807) is 13.2 Å². The van der Waals surface area contributed by atoms with Gasteiger partial charge in [0.25, 0.3) is 5.91 Å². The average Bonchev–Trinajstić information content (AvgIpc) is 3.04. The smallest absolute Gasteiger partial charge is 0.335 e. The van der Waals surface area contributed by atoms with Gasteiger partial charge in [-0.1, -0.05) is 12.1 Å². The summed E-state index contributed by atoms with van der Waals surface area (Å²) in [5.74, 6) is -0.990. The van der Waals surface area contributed by atoms with E-state index in [1.807, 2.05) is 54.8 Å². The summed E-state index contributed by atoms with van der Waals surface area (Å²) in [6.07, 6.45) is 1.52. The van der Waals surface area contributed by atoms with Crippen LogP contribution in [0.4, 0.5) is 5.69 Å². The van der Waals surface area contributed by atoms with Crippen LogP contribution in [0, 0.1) is 25.2 Å². The van der Waals surface area contributed by atoms with Crippen molar-refractivity contribution in [1.82, 2.24) is 4.57 Å². The highest BCUT2D eigenvalue weighted by Crippen LogP contribution is 2.25. The lowest BCUT2D eigenvalue weighted by Crippen LogP contribution is -2.14. The molecule has 3 rings (SSSR count). The Balaban J connectivity index is 1.92. The van der Waals surface area contributed by atoms with Gasteiger partial charge in [0.1, 0.15) is 17.4 Å². The summed E-state index contributed by atoms with van der Waals surface area (Å²) in [7, 11) is 1.60. The number of aromatic nitrogens is 1. The molecule has 2 N–H and O–H groups in total. The van der Waals surface area contributed by atoms with E-state index in [0.29, 0.717) is 5.69 Å². The van der Waals surface area contributed by atoms with E-state index in [2.05, 4.69) is 5.32 Å². The molecule has 1 aromatic heterocycles. The minimum atomic E-state index is -1.10. The topological polar surface area (TPSA) is 104 Å². The van der Waals surface area contributed by atoms with Crippen LogP contribution in [0.3, 0.4) is 0 Å². The quantitative estimate of drug-likeness (QED) is 0.460. The Morgan fingerprint density at radius 3 is 2.55 bits per heavy atom. The molecule has 156 valence electrons. The first kappa shape index (κ1) is 21.4. The van der Waals surface area contributed by atoms with Gasteiger partial charge in [0, 0.05) is 28.8 Å². The second kappa shape index (κ2) is 9.01. The van der Waals surface area contributed by atoms with Gasteiger partial charge in [-0.25, -0.2) is 4.79 Å². The van der Waals surface area contributed by atoms with Crippen LogP contribution < -0.4 is 10.1 Å². The summed E-state index contributed by atoms with van der Waals surface area (Å²) in [5, 5.41) is 21.2. The first-order chi connectivity index (χ1) is 14.8. The maximum atomic E-state index is 12.6. The van der Waals surface area contributed by atoms with Gasteiger partial charge in [0.15, 0.2) is 0 Å². The van der Waals surface area contributed by atoms with Gasteiger partial charge in [-0.3, -0.25) is 4.79 Å². The molecule has 7 nitrogen and oxygen atoms in total. The van der Waals surface area contributed by atoms with Gasteiger partial charge < -0.3 is 19.7 Å². The van der Waals surface area contributed by atoms with Gasteiger partial charge in [0.2, 0.25) is 0 Å². The van der Waals surface area contributed by atoms with E-state index >= 15 is 0 Å². The number of amides is 1. The molecule has 0 aliphatic rings. The number of hydrogen-bond acceptors (Lipinski definition) is 4. The van der Waals surface area contributed by atoms with Gasteiger partial charge >= 0.3 is 5.97 Å². The zero-order valence-electron chi connectivity index (χ0n) is 17.3. The van der Waals surface area contributed by atoms with Gasteiger partial charge in [-0.2, -0.15) is 5.26 Å². The molecule has 3 aromatic rings. The van der Waals surface area contributed by atoms with Crippen molar-refractivity contribution >= 4 is 23.6 Å². The fourth-order valence-corrected chi connectivity index (χ4v) is 3.31. The molecular weight excluding hydrogens is 394 g/mol. The summed E-state index contributed by atoms with van der Waals surface area (Å²) in [6.45, 7) is 3.84. The number of anilines is 1.